The zero-order valence-corrected chi connectivity index (χ0v) is 21.9. The van der Waals surface area contributed by atoms with Crippen molar-refractivity contribution < 1.29 is 17.5 Å². The molecule has 0 radical (unpaired) electrons. The molecule has 0 amide bonds. The fourth-order valence-corrected chi connectivity index (χ4v) is 6.86. The van der Waals surface area contributed by atoms with Crippen LogP contribution >= 0.6 is 11.6 Å². The zero-order chi connectivity index (χ0) is 25.3. The van der Waals surface area contributed by atoms with E-state index in [2.05, 4.69) is 22.0 Å². The van der Waals surface area contributed by atoms with Crippen LogP contribution in [0.3, 0.4) is 0 Å². The van der Waals surface area contributed by atoms with E-state index >= 15 is 0 Å². The average Bonchev–Trinajstić information content (AvgIpc) is 3.24. The summed E-state index contributed by atoms with van der Waals surface area (Å²) in [5.41, 5.74) is 3.43. The van der Waals surface area contributed by atoms with Gasteiger partial charge < -0.3 is 9.30 Å². The van der Waals surface area contributed by atoms with Crippen LogP contribution in [0.25, 0.3) is 0 Å². The van der Waals surface area contributed by atoms with Crippen LogP contribution in [0.4, 0.5) is 4.39 Å². The van der Waals surface area contributed by atoms with E-state index in [-0.39, 0.29) is 22.5 Å². The van der Waals surface area contributed by atoms with Crippen LogP contribution in [-0.4, -0.2) is 54.4 Å². The van der Waals surface area contributed by atoms with Gasteiger partial charge in [-0.25, -0.2) is 17.8 Å². The van der Waals surface area contributed by atoms with Gasteiger partial charge in [0, 0.05) is 30.2 Å². The maximum absolute atomic E-state index is 14.1. The Morgan fingerprint density at radius 1 is 1.19 bits per heavy atom. The largest absolute Gasteiger partial charge is 0.494 e. The lowest BCUT2D eigenvalue weighted by Gasteiger charge is -2.45. The van der Waals surface area contributed by atoms with Crippen LogP contribution in [0.1, 0.15) is 41.9 Å². The number of imidazole rings is 1. The molecule has 9 heteroatoms. The van der Waals surface area contributed by atoms with E-state index in [1.54, 1.807) is 17.7 Å². The number of aromatic nitrogens is 2. The molecule has 0 bridgehead atoms. The smallest absolute Gasteiger partial charge is 0.197 e. The first-order chi connectivity index (χ1) is 17.3. The van der Waals surface area contributed by atoms with Crippen molar-refractivity contribution in [1.29, 1.82) is 0 Å². The number of halogens is 2. The minimum Gasteiger partial charge on any atom is -0.494 e. The van der Waals surface area contributed by atoms with Gasteiger partial charge in [0.15, 0.2) is 14.9 Å². The molecule has 2 heterocycles. The summed E-state index contributed by atoms with van der Waals surface area (Å²) in [6, 6.07) is 11.4. The molecule has 36 heavy (non-hydrogen) atoms. The third kappa shape index (κ3) is 5.61. The molecule has 0 saturated carbocycles. The Labute approximate surface area is 217 Å². The molecule has 5 rings (SSSR count). The summed E-state index contributed by atoms with van der Waals surface area (Å²) in [7, 11) is -1.69. The lowest BCUT2D eigenvalue weighted by atomic mass is 9.75. The van der Waals surface area contributed by atoms with Crippen LogP contribution in [0.2, 0.25) is 5.02 Å². The SMILES string of the molecule is Cn1cnc(S(=O)(=O)CCCOc2ccc3c(c2)C(Cc2cc(F)cc(Cl)c2)C(N2CCC2)CC3)c1. The van der Waals surface area contributed by atoms with Crippen molar-refractivity contribution in [1.82, 2.24) is 14.5 Å². The van der Waals surface area contributed by atoms with Crippen LogP contribution in [0.15, 0.2) is 53.9 Å². The Bertz CT molecular complexity index is 1320. The van der Waals surface area contributed by atoms with E-state index in [4.69, 9.17) is 16.3 Å². The van der Waals surface area contributed by atoms with E-state index in [0.717, 1.165) is 37.2 Å². The summed E-state index contributed by atoms with van der Waals surface area (Å²) in [4.78, 5) is 6.49. The number of benzene rings is 2. The molecule has 2 aliphatic rings. The van der Waals surface area contributed by atoms with Crippen LogP contribution in [0.5, 0.6) is 5.75 Å². The molecule has 1 fully saturated rings. The number of aryl methyl sites for hydroxylation is 2. The highest BCUT2D eigenvalue weighted by molar-refractivity contribution is 7.91. The second kappa shape index (κ2) is 10.5. The van der Waals surface area contributed by atoms with Gasteiger partial charge in [-0.1, -0.05) is 17.7 Å². The average molecular weight is 532 g/mol. The highest BCUT2D eigenvalue weighted by atomic mass is 35.5. The van der Waals surface area contributed by atoms with Crippen molar-refractivity contribution in [3.05, 3.63) is 76.5 Å². The molecule has 1 aliphatic heterocycles. The lowest BCUT2D eigenvalue weighted by Crippen LogP contribution is -2.49. The topological polar surface area (TPSA) is 64.4 Å². The number of nitrogens with zero attached hydrogens (tertiary/aromatic N) is 3. The molecule has 2 unspecified atom stereocenters. The third-order valence-corrected chi connectivity index (χ3v) is 9.15. The first-order valence-corrected chi connectivity index (χ1v) is 14.5. The summed E-state index contributed by atoms with van der Waals surface area (Å²) in [6.07, 6.45) is 7.37. The predicted octanol–water partition coefficient (Wildman–Crippen LogP) is 4.80. The van der Waals surface area contributed by atoms with Gasteiger partial charge in [-0.15, -0.1) is 0 Å². The van der Waals surface area contributed by atoms with Crippen molar-refractivity contribution >= 4 is 21.4 Å². The maximum atomic E-state index is 14.1. The molecule has 0 N–H and O–H groups in total. The first kappa shape index (κ1) is 25.2. The van der Waals surface area contributed by atoms with Crippen molar-refractivity contribution in [2.75, 3.05) is 25.4 Å². The number of sulfone groups is 1. The summed E-state index contributed by atoms with van der Waals surface area (Å²) >= 11 is 6.16. The molecule has 3 aromatic rings. The summed E-state index contributed by atoms with van der Waals surface area (Å²) in [5, 5.41) is 0.510. The van der Waals surface area contributed by atoms with Gasteiger partial charge in [-0.05, 0) is 92.2 Å². The van der Waals surface area contributed by atoms with E-state index in [1.807, 2.05) is 12.1 Å². The summed E-state index contributed by atoms with van der Waals surface area (Å²) < 4.78 is 46.6. The molecule has 2 atom stereocenters. The predicted molar refractivity (Wildman–Crippen MR) is 138 cm³/mol. The van der Waals surface area contributed by atoms with Crippen molar-refractivity contribution in [2.45, 2.75) is 49.1 Å². The number of hydrogen-bond acceptors (Lipinski definition) is 5. The third-order valence-electron chi connectivity index (χ3n) is 7.25. The number of rotatable bonds is 9. The molecule has 0 spiro atoms. The Morgan fingerprint density at radius 3 is 2.72 bits per heavy atom. The number of fused-ring (bicyclic) bond motifs is 1. The number of ether oxygens (including phenoxy) is 1. The Balaban J connectivity index is 1.30. The second-order valence-electron chi connectivity index (χ2n) is 9.84. The molecule has 1 aliphatic carbocycles. The quantitative estimate of drug-likeness (QED) is 0.371. The van der Waals surface area contributed by atoms with Crippen molar-refractivity contribution in [2.24, 2.45) is 7.05 Å². The minimum absolute atomic E-state index is 0.0189. The lowest BCUT2D eigenvalue weighted by molar-refractivity contribution is 0.0876. The van der Waals surface area contributed by atoms with Gasteiger partial charge in [-0.3, -0.25) is 4.90 Å². The van der Waals surface area contributed by atoms with Crippen molar-refractivity contribution in [3.63, 3.8) is 0 Å². The van der Waals surface area contributed by atoms with E-state index in [0.29, 0.717) is 30.5 Å². The van der Waals surface area contributed by atoms with E-state index in [1.165, 1.54) is 36.1 Å². The highest BCUT2D eigenvalue weighted by Gasteiger charge is 2.36. The first-order valence-electron chi connectivity index (χ1n) is 12.4. The van der Waals surface area contributed by atoms with E-state index < -0.39 is 9.84 Å². The van der Waals surface area contributed by atoms with Gasteiger partial charge in [0.25, 0.3) is 0 Å². The number of hydrogen-bond donors (Lipinski definition) is 0. The highest BCUT2D eigenvalue weighted by Crippen LogP contribution is 2.40. The summed E-state index contributed by atoms with van der Waals surface area (Å²) in [5.74, 6) is 0.608. The van der Waals surface area contributed by atoms with Gasteiger partial charge in [0.1, 0.15) is 11.6 Å². The number of likely N-dealkylation sites (tertiary alicyclic amines) is 1. The Kier molecular flexibility index (Phi) is 7.37. The normalized spacial score (nSPS) is 20.1. The fraction of sp³-hybridized carbons (Fsp3) is 0.444. The second-order valence-corrected chi connectivity index (χ2v) is 12.3. The van der Waals surface area contributed by atoms with Crippen LogP contribution in [0, 0.1) is 5.82 Å². The van der Waals surface area contributed by atoms with E-state index in [9.17, 15) is 12.8 Å². The minimum atomic E-state index is -3.43. The van der Waals surface area contributed by atoms with Crippen molar-refractivity contribution in [3.8, 4) is 5.75 Å². The molecule has 2 aromatic carbocycles. The Morgan fingerprint density at radius 2 is 2.03 bits per heavy atom. The standard InChI is InChI=1S/C27H31ClFN3O3S/c1-31-17-27(30-18-31)36(33,34)11-3-10-35-23-6-4-20-5-7-26(32-8-2-9-32)25(24(20)16-23)14-19-12-21(28)15-22(29)13-19/h4,6,12-13,15-18,25-26H,2-3,5,7-11,14H2,1H3. The molecular formula is C27H31ClFN3O3S. The molecule has 1 saturated heterocycles. The monoisotopic (exact) mass is 531 g/mol. The van der Waals surface area contributed by atoms with Crippen LogP contribution in [-0.2, 0) is 29.7 Å². The zero-order valence-electron chi connectivity index (χ0n) is 20.4. The maximum Gasteiger partial charge on any atom is 0.197 e. The van der Waals surface area contributed by atoms with Crippen LogP contribution < -0.4 is 4.74 Å². The Hall–Kier alpha value is -2.42. The molecular weight excluding hydrogens is 501 g/mol. The molecule has 6 nitrogen and oxygen atoms in total. The van der Waals surface area contributed by atoms with Gasteiger partial charge in [0.2, 0.25) is 0 Å². The van der Waals surface area contributed by atoms with Gasteiger partial charge in [0.05, 0.1) is 18.7 Å². The van der Waals surface area contributed by atoms with Gasteiger partial charge >= 0.3 is 0 Å². The van der Waals surface area contributed by atoms with Gasteiger partial charge in [-0.2, -0.15) is 0 Å². The summed E-state index contributed by atoms with van der Waals surface area (Å²) in [6.45, 7) is 2.49. The molecule has 1 aromatic heterocycles. The molecule has 192 valence electrons. The fourth-order valence-electron chi connectivity index (χ4n) is 5.38.